The molecule has 7 heteroatoms. The van der Waals surface area contributed by atoms with Crippen LogP contribution in [0.25, 0.3) is 0 Å². The largest absolute Gasteiger partial charge is 0.497 e. The molecule has 2 aromatic rings. The quantitative estimate of drug-likeness (QED) is 0.905. The summed E-state index contributed by atoms with van der Waals surface area (Å²) in [5.41, 5.74) is 0.178. The summed E-state index contributed by atoms with van der Waals surface area (Å²) in [6, 6.07) is 5.68. The van der Waals surface area contributed by atoms with Gasteiger partial charge in [0.15, 0.2) is 0 Å². The Morgan fingerprint density at radius 1 is 1.30 bits per heavy atom. The molecule has 0 atom stereocenters. The van der Waals surface area contributed by atoms with Gasteiger partial charge in [-0.15, -0.1) is 0 Å². The van der Waals surface area contributed by atoms with Gasteiger partial charge in [0.1, 0.15) is 5.75 Å². The second-order valence-corrected chi connectivity index (χ2v) is 4.12. The van der Waals surface area contributed by atoms with E-state index >= 15 is 0 Å². The van der Waals surface area contributed by atoms with Gasteiger partial charge in [-0.1, -0.05) is 0 Å². The molecule has 0 saturated carbocycles. The summed E-state index contributed by atoms with van der Waals surface area (Å²) < 4.78 is 9.75. The van der Waals surface area contributed by atoms with Crippen molar-refractivity contribution in [2.24, 2.45) is 0 Å². The zero-order chi connectivity index (χ0) is 14.7. The molecular weight excluding hydrogens is 286 g/mol. The van der Waals surface area contributed by atoms with Gasteiger partial charge in [0, 0.05) is 0 Å². The molecule has 0 spiro atoms. The summed E-state index contributed by atoms with van der Waals surface area (Å²) in [4.78, 5) is 23.1. The minimum absolute atomic E-state index is 0.0621. The number of nitrogens with one attached hydrogen (secondary N) is 1. The summed E-state index contributed by atoms with van der Waals surface area (Å²) in [7, 11) is 1.42. The van der Waals surface area contributed by atoms with Crippen LogP contribution in [0.4, 0.5) is 5.69 Å². The Labute approximate surface area is 118 Å². The summed E-state index contributed by atoms with van der Waals surface area (Å²) in [6.07, 6.45) is 1.27. The van der Waals surface area contributed by atoms with Gasteiger partial charge in [0.25, 0.3) is 5.91 Å². The molecule has 0 radical (unpaired) electrons. The van der Waals surface area contributed by atoms with Crippen molar-refractivity contribution in [2.45, 2.75) is 0 Å². The van der Waals surface area contributed by atoms with Gasteiger partial charge in [-0.2, -0.15) is 0 Å². The van der Waals surface area contributed by atoms with E-state index in [9.17, 15) is 9.59 Å². The van der Waals surface area contributed by atoms with E-state index < -0.39 is 11.9 Å². The Kier molecular flexibility index (Phi) is 3.95. The predicted octanol–water partition coefficient (Wildman–Crippen LogP) is 2.89. The van der Waals surface area contributed by atoms with E-state index in [4.69, 9.17) is 25.9 Å². The number of furan rings is 1. The number of ether oxygens (including phenoxy) is 1. The van der Waals surface area contributed by atoms with Crippen LogP contribution in [0.1, 0.15) is 20.7 Å². The number of benzene rings is 1. The second kappa shape index (κ2) is 5.66. The second-order valence-electron chi connectivity index (χ2n) is 3.78. The van der Waals surface area contributed by atoms with Gasteiger partial charge in [-0.3, -0.25) is 4.79 Å². The van der Waals surface area contributed by atoms with Gasteiger partial charge >= 0.3 is 5.97 Å². The van der Waals surface area contributed by atoms with Crippen molar-refractivity contribution in [1.29, 1.82) is 0 Å². The summed E-state index contributed by atoms with van der Waals surface area (Å²) in [5.74, 6) is -1.37. The summed E-state index contributed by atoms with van der Waals surface area (Å²) in [6.45, 7) is 0. The lowest BCUT2D eigenvalue weighted by atomic mass is 10.1. The third kappa shape index (κ3) is 2.75. The molecular formula is C13H10ClNO5. The van der Waals surface area contributed by atoms with Crippen LogP contribution in [0, 0.1) is 0 Å². The molecule has 104 valence electrons. The Morgan fingerprint density at radius 3 is 2.60 bits per heavy atom. The fourth-order valence-corrected chi connectivity index (χ4v) is 1.78. The van der Waals surface area contributed by atoms with Crippen LogP contribution in [0.2, 0.25) is 5.22 Å². The maximum absolute atomic E-state index is 11.9. The topological polar surface area (TPSA) is 88.8 Å². The number of carboxylic acid groups (broad SMARTS) is 1. The van der Waals surface area contributed by atoms with Crippen molar-refractivity contribution in [3.8, 4) is 5.75 Å². The highest BCUT2D eigenvalue weighted by molar-refractivity contribution is 6.32. The van der Waals surface area contributed by atoms with Crippen LogP contribution in [-0.4, -0.2) is 24.1 Å². The third-order valence-corrected chi connectivity index (χ3v) is 2.86. The average Bonchev–Trinajstić information content (AvgIpc) is 2.85. The highest BCUT2D eigenvalue weighted by Gasteiger charge is 2.17. The van der Waals surface area contributed by atoms with Crippen LogP contribution >= 0.6 is 11.6 Å². The van der Waals surface area contributed by atoms with Gasteiger partial charge in [-0.05, 0) is 35.9 Å². The molecule has 0 saturated heterocycles. The minimum atomic E-state index is -1.18. The zero-order valence-corrected chi connectivity index (χ0v) is 11.1. The molecule has 1 amide bonds. The molecule has 0 aliphatic carbocycles. The first-order valence-corrected chi connectivity index (χ1v) is 5.86. The molecule has 6 nitrogen and oxygen atoms in total. The van der Waals surface area contributed by atoms with Crippen molar-refractivity contribution >= 4 is 29.2 Å². The molecule has 0 fully saturated rings. The number of hydrogen-bond donors (Lipinski definition) is 2. The molecule has 1 heterocycles. The number of methoxy groups -OCH3 is 1. The van der Waals surface area contributed by atoms with E-state index in [2.05, 4.69) is 5.32 Å². The van der Waals surface area contributed by atoms with Gasteiger partial charge in [-0.25, -0.2) is 4.79 Å². The Hall–Kier alpha value is -2.47. The number of carbonyl (C=O) groups excluding carboxylic acids is 1. The number of anilines is 1. The van der Waals surface area contributed by atoms with Crippen LogP contribution in [0.5, 0.6) is 5.75 Å². The predicted molar refractivity (Wildman–Crippen MR) is 71.6 cm³/mol. The number of aromatic carboxylic acids is 1. The summed E-state index contributed by atoms with van der Waals surface area (Å²) >= 11 is 5.69. The van der Waals surface area contributed by atoms with Crippen LogP contribution in [0.15, 0.2) is 34.9 Å². The minimum Gasteiger partial charge on any atom is -0.497 e. The van der Waals surface area contributed by atoms with Crippen molar-refractivity contribution in [3.05, 3.63) is 46.9 Å². The first kappa shape index (κ1) is 14.0. The summed E-state index contributed by atoms with van der Waals surface area (Å²) in [5, 5.41) is 11.5. The number of carboxylic acids is 1. The van der Waals surface area contributed by atoms with E-state index in [1.807, 2.05) is 0 Å². The number of hydrogen-bond acceptors (Lipinski definition) is 4. The highest BCUT2D eigenvalue weighted by atomic mass is 35.5. The lowest BCUT2D eigenvalue weighted by Crippen LogP contribution is -2.14. The van der Waals surface area contributed by atoms with Crippen LogP contribution in [0.3, 0.4) is 0 Å². The number of carbonyl (C=O) groups is 2. The lowest BCUT2D eigenvalue weighted by molar-refractivity contribution is 0.0697. The van der Waals surface area contributed by atoms with Crippen molar-refractivity contribution in [1.82, 2.24) is 0 Å². The Balaban J connectivity index is 2.32. The number of halogens is 1. The smallest absolute Gasteiger partial charge is 0.337 e. The van der Waals surface area contributed by atoms with E-state index in [0.717, 1.165) is 0 Å². The molecule has 1 aromatic heterocycles. The number of amides is 1. The molecule has 0 bridgehead atoms. The van der Waals surface area contributed by atoms with Crippen molar-refractivity contribution < 1.29 is 23.8 Å². The van der Waals surface area contributed by atoms with E-state index in [1.165, 1.54) is 31.6 Å². The van der Waals surface area contributed by atoms with Gasteiger partial charge in [0.2, 0.25) is 5.22 Å². The monoisotopic (exact) mass is 295 g/mol. The molecule has 0 aliphatic heterocycles. The van der Waals surface area contributed by atoms with E-state index in [-0.39, 0.29) is 22.0 Å². The SMILES string of the molecule is COc1ccc(NC(=O)c2ccoc2Cl)c(C(=O)O)c1. The van der Waals surface area contributed by atoms with Crippen LogP contribution in [-0.2, 0) is 0 Å². The average molecular weight is 296 g/mol. The molecule has 1 aromatic carbocycles. The Morgan fingerprint density at radius 2 is 2.05 bits per heavy atom. The first-order valence-electron chi connectivity index (χ1n) is 5.48. The molecule has 2 rings (SSSR count). The number of rotatable bonds is 4. The van der Waals surface area contributed by atoms with Crippen LogP contribution < -0.4 is 10.1 Å². The van der Waals surface area contributed by atoms with E-state index in [0.29, 0.717) is 5.75 Å². The van der Waals surface area contributed by atoms with Crippen molar-refractivity contribution in [3.63, 3.8) is 0 Å². The molecule has 0 aliphatic rings. The fourth-order valence-electron chi connectivity index (χ4n) is 1.58. The maximum atomic E-state index is 11.9. The van der Waals surface area contributed by atoms with Crippen molar-refractivity contribution in [2.75, 3.05) is 12.4 Å². The molecule has 2 N–H and O–H groups in total. The normalized spacial score (nSPS) is 10.1. The van der Waals surface area contributed by atoms with Gasteiger partial charge < -0.3 is 19.6 Å². The Bertz CT molecular complexity index is 665. The third-order valence-electron chi connectivity index (χ3n) is 2.57. The first-order chi connectivity index (χ1) is 9.52. The molecule has 20 heavy (non-hydrogen) atoms. The fraction of sp³-hybridized carbons (Fsp3) is 0.0769. The standard InChI is InChI=1S/C13H10ClNO5/c1-19-7-2-3-10(9(6-7)13(17)18)15-12(16)8-4-5-20-11(8)14/h2-6H,1H3,(H,15,16)(H,17,18). The van der Waals surface area contributed by atoms with Gasteiger partial charge in [0.05, 0.1) is 30.2 Å². The maximum Gasteiger partial charge on any atom is 0.337 e. The zero-order valence-electron chi connectivity index (χ0n) is 10.3. The lowest BCUT2D eigenvalue weighted by Gasteiger charge is -2.09. The highest BCUT2D eigenvalue weighted by Crippen LogP contribution is 2.24. The van der Waals surface area contributed by atoms with E-state index in [1.54, 1.807) is 6.07 Å². The molecule has 0 unspecified atom stereocenters.